The molecule has 1 atom stereocenters. The molecule has 0 spiro atoms. The molecule has 0 aliphatic carbocycles. The Morgan fingerprint density at radius 3 is 0.971 bits per heavy atom. The summed E-state index contributed by atoms with van der Waals surface area (Å²) in [6, 6.07) is 24.0. The Bertz CT molecular complexity index is 1150. The summed E-state index contributed by atoms with van der Waals surface area (Å²) in [5.74, 6) is 0.691. The van der Waals surface area contributed by atoms with E-state index in [0.29, 0.717) is 0 Å². The lowest BCUT2D eigenvalue weighted by atomic mass is 9.72. The molecule has 0 aliphatic heterocycles. The van der Waals surface area contributed by atoms with Gasteiger partial charge in [-0.25, -0.2) is 0 Å². The third-order valence-corrected chi connectivity index (χ3v) is 6.96. The quantitative estimate of drug-likeness (QED) is 0.297. The molecule has 0 saturated carbocycles. The largest absolute Gasteiger partial charge is 0.508 e. The third kappa shape index (κ3) is 4.51. The number of rotatable bonds is 5. The van der Waals surface area contributed by atoms with Crippen LogP contribution in [-0.4, -0.2) is 15.3 Å². The SMILES string of the molecule is Cc1ccc(C(c2ccc(O)c(C)c2)C(c2ccc(O)c(C)c2)c2ccc(O)c(C)c2)cc1C. The zero-order valence-electron chi connectivity index (χ0n) is 20.4. The smallest absolute Gasteiger partial charge is 0.118 e. The molecule has 174 valence electrons. The normalized spacial score (nSPS) is 12.2. The van der Waals surface area contributed by atoms with Gasteiger partial charge in [0.25, 0.3) is 0 Å². The van der Waals surface area contributed by atoms with E-state index in [9.17, 15) is 15.3 Å². The summed E-state index contributed by atoms with van der Waals surface area (Å²) < 4.78 is 0. The van der Waals surface area contributed by atoms with Crippen LogP contribution in [0.15, 0.2) is 72.8 Å². The van der Waals surface area contributed by atoms with Crippen molar-refractivity contribution in [3.63, 3.8) is 0 Å². The van der Waals surface area contributed by atoms with Gasteiger partial charge in [0.15, 0.2) is 0 Å². The van der Waals surface area contributed by atoms with Gasteiger partial charge in [0, 0.05) is 11.8 Å². The van der Waals surface area contributed by atoms with Crippen LogP contribution in [-0.2, 0) is 0 Å². The molecule has 0 aromatic heterocycles. The van der Waals surface area contributed by atoms with E-state index in [1.807, 2.05) is 51.1 Å². The Balaban J connectivity index is 2.03. The van der Waals surface area contributed by atoms with Crippen LogP contribution in [0.2, 0.25) is 0 Å². The summed E-state index contributed by atoms with van der Waals surface area (Å²) in [5, 5.41) is 30.7. The van der Waals surface area contributed by atoms with Crippen molar-refractivity contribution in [3.8, 4) is 17.2 Å². The van der Waals surface area contributed by atoms with E-state index in [1.165, 1.54) is 16.7 Å². The van der Waals surface area contributed by atoms with Crippen LogP contribution in [0.5, 0.6) is 17.2 Å². The first-order valence-electron chi connectivity index (χ1n) is 11.6. The van der Waals surface area contributed by atoms with Crippen LogP contribution in [0.1, 0.15) is 61.9 Å². The summed E-state index contributed by atoms with van der Waals surface area (Å²) in [7, 11) is 0. The van der Waals surface area contributed by atoms with Gasteiger partial charge < -0.3 is 15.3 Å². The Hall–Kier alpha value is -3.72. The van der Waals surface area contributed by atoms with Gasteiger partial charge in [0.1, 0.15) is 17.2 Å². The minimum Gasteiger partial charge on any atom is -0.508 e. The molecule has 3 heteroatoms. The highest BCUT2D eigenvalue weighted by molar-refractivity contribution is 5.51. The fourth-order valence-electron chi connectivity index (χ4n) is 4.73. The van der Waals surface area contributed by atoms with Crippen LogP contribution >= 0.6 is 0 Å². The van der Waals surface area contributed by atoms with Crippen LogP contribution in [0.3, 0.4) is 0 Å². The second-order valence-corrected chi connectivity index (χ2v) is 9.44. The van der Waals surface area contributed by atoms with E-state index in [1.54, 1.807) is 18.2 Å². The van der Waals surface area contributed by atoms with E-state index in [2.05, 4.69) is 38.1 Å². The average Bonchev–Trinajstić information content (AvgIpc) is 2.80. The molecule has 0 fully saturated rings. The number of phenolic OH excluding ortho intramolecular Hbond substituents is 3. The van der Waals surface area contributed by atoms with E-state index in [0.717, 1.165) is 33.4 Å². The minimum atomic E-state index is -0.0790. The van der Waals surface area contributed by atoms with Crippen LogP contribution in [0, 0.1) is 34.6 Å². The molecule has 0 radical (unpaired) electrons. The Labute approximate surface area is 202 Å². The molecule has 0 bridgehead atoms. The molecule has 3 nitrogen and oxygen atoms in total. The van der Waals surface area contributed by atoms with Crippen molar-refractivity contribution in [2.45, 2.75) is 46.5 Å². The van der Waals surface area contributed by atoms with Crippen LogP contribution in [0.4, 0.5) is 0 Å². The van der Waals surface area contributed by atoms with Crippen molar-refractivity contribution < 1.29 is 15.3 Å². The van der Waals surface area contributed by atoms with Gasteiger partial charge in [-0.2, -0.15) is 0 Å². The maximum Gasteiger partial charge on any atom is 0.118 e. The molecular weight excluding hydrogens is 420 g/mol. The maximum absolute atomic E-state index is 10.2. The summed E-state index contributed by atoms with van der Waals surface area (Å²) in [5.41, 5.74) is 9.35. The van der Waals surface area contributed by atoms with Crippen molar-refractivity contribution in [1.29, 1.82) is 0 Å². The molecule has 4 aromatic rings. The molecule has 0 heterocycles. The summed E-state index contributed by atoms with van der Waals surface area (Å²) in [6.45, 7) is 9.98. The molecule has 4 rings (SSSR count). The van der Waals surface area contributed by atoms with Gasteiger partial charge in [-0.3, -0.25) is 0 Å². The first-order valence-corrected chi connectivity index (χ1v) is 11.6. The molecule has 3 N–H and O–H groups in total. The highest BCUT2D eigenvalue weighted by Crippen LogP contribution is 2.45. The maximum atomic E-state index is 10.2. The molecule has 0 saturated heterocycles. The minimum absolute atomic E-state index is 0.0496. The molecule has 34 heavy (non-hydrogen) atoms. The number of benzene rings is 4. The summed E-state index contributed by atoms with van der Waals surface area (Å²) >= 11 is 0. The monoisotopic (exact) mass is 452 g/mol. The van der Waals surface area contributed by atoms with Gasteiger partial charge in [-0.1, -0.05) is 54.6 Å². The van der Waals surface area contributed by atoms with Crippen molar-refractivity contribution in [2.75, 3.05) is 0 Å². The van der Waals surface area contributed by atoms with E-state index in [-0.39, 0.29) is 29.1 Å². The highest BCUT2D eigenvalue weighted by atomic mass is 16.3. The number of hydrogen-bond acceptors (Lipinski definition) is 3. The van der Waals surface area contributed by atoms with Crippen molar-refractivity contribution in [2.24, 2.45) is 0 Å². The Kier molecular flexibility index (Phi) is 6.39. The Morgan fingerprint density at radius 2 is 0.676 bits per heavy atom. The topological polar surface area (TPSA) is 60.7 Å². The van der Waals surface area contributed by atoms with Crippen molar-refractivity contribution in [1.82, 2.24) is 0 Å². The van der Waals surface area contributed by atoms with Crippen LogP contribution in [0.25, 0.3) is 0 Å². The molecular formula is C31H32O3. The summed E-state index contributed by atoms with van der Waals surface area (Å²) in [4.78, 5) is 0. The fraction of sp³-hybridized carbons (Fsp3) is 0.226. The second-order valence-electron chi connectivity index (χ2n) is 9.44. The number of hydrogen-bond donors (Lipinski definition) is 3. The van der Waals surface area contributed by atoms with Crippen molar-refractivity contribution >= 4 is 0 Å². The molecule has 0 aliphatic rings. The number of aryl methyl sites for hydroxylation is 5. The number of phenols is 3. The third-order valence-electron chi connectivity index (χ3n) is 6.96. The van der Waals surface area contributed by atoms with Gasteiger partial charge in [0.2, 0.25) is 0 Å². The molecule has 4 aromatic carbocycles. The lowest BCUT2D eigenvalue weighted by Gasteiger charge is -2.31. The predicted molar refractivity (Wildman–Crippen MR) is 138 cm³/mol. The Morgan fingerprint density at radius 1 is 0.382 bits per heavy atom. The van der Waals surface area contributed by atoms with Gasteiger partial charge in [0.05, 0.1) is 0 Å². The predicted octanol–water partition coefficient (Wildman–Crippen LogP) is 7.31. The van der Waals surface area contributed by atoms with Gasteiger partial charge in [-0.05, 0) is 103 Å². The van der Waals surface area contributed by atoms with E-state index < -0.39 is 0 Å². The van der Waals surface area contributed by atoms with Gasteiger partial charge >= 0.3 is 0 Å². The first kappa shape index (κ1) is 23.4. The fourth-order valence-corrected chi connectivity index (χ4v) is 4.73. The van der Waals surface area contributed by atoms with Crippen LogP contribution < -0.4 is 0 Å². The van der Waals surface area contributed by atoms with Crippen molar-refractivity contribution in [3.05, 3.63) is 123 Å². The zero-order valence-corrected chi connectivity index (χ0v) is 20.4. The lowest BCUT2D eigenvalue weighted by Crippen LogP contribution is -2.15. The van der Waals surface area contributed by atoms with E-state index in [4.69, 9.17) is 0 Å². The molecule has 1 unspecified atom stereocenters. The highest BCUT2D eigenvalue weighted by Gasteiger charge is 2.29. The second kappa shape index (κ2) is 9.26. The first-order chi connectivity index (χ1) is 16.2. The lowest BCUT2D eigenvalue weighted by molar-refractivity contribution is 0.469. The zero-order chi connectivity index (χ0) is 24.6. The summed E-state index contributed by atoms with van der Waals surface area (Å²) in [6.07, 6.45) is 0. The standard InChI is InChI=1S/C31H32O3/c1-18-6-7-23(14-19(18)2)30(24-8-11-27(32)20(3)15-24)31(25-9-12-28(33)21(4)16-25)26-10-13-29(34)22(5)17-26/h6-17,30-34H,1-5H3. The number of aromatic hydroxyl groups is 3. The molecule has 0 amide bonds. The average molecular weight is 453 g/mol. The van der Waals surface area contributed by atoms with Gasteiger partial charge in [-0.15, -0.1) is 0 Å². The van der Waals surface area contributed by atoms with E-state index >= 15 is 0 Å².